The van der Waals surface area contributed by atoms with Crippen LogP contribution >= 0.6 is 35.0 Å². The fraction of sp³-hybridized carbons (Fsp3) is 0.364. The van der Waals surface area contributed by atoms with Gasteiger partial charge in [-0.2, -0.15) is 0 Å². The third kappa shape index (κ3) is 7.25. The number of benzene rings is 2. The van der Waals surface area contributed by atoms with Crippen LogP contribution in [0.15, 0.2) is 42.5 Å². The minimum atomic E-state index is -0.553. The van der Waals surface area contributed by atoms with Gasteiger partial charge in [0.2, 0.25) is 11.8 Å². The van der Waals surface area contributed by atoms with Gasteiger partial charge in [-0.05, 0) is 44.0 Å². The van der Waals surface area contributed by atoms with E-state index in [2.05, 4.69) is 5.32 Å². The lowest BCUT2D eigenvalue weighted by molar-refractivity contribution is -0.138. The lowest BCUT2D eigenvalue weighted by atomic mass is 10.1. The summed E-state index contributed by atoms with van der Waals surface area (Å²) < 4.78 is 0. The number of halogens is 2. The molecule has 29 heavy (non-hydrogen) atoms. The number of aryl methyl sites for hydroxylation is 1. The van der Waals surface area contributed by atoms with Crippen molar-refractivity contribution in [1.82, 2.24) is 10.2 Å². The molecule has 7 heteroatoms. The van der Waals surface area contributed by atoms with Gasteiger partial charge in [0, 0.05) is 28.9 Å². The minimum absolute atomic E-state index is 0.0830. The third-order valence-corrected chi connectivity index (χ3v) is 6.01. The summed E-state index contributed by atoms with van der Waals surface area (Å²) in [7, 11) is 0. The molecule has 0 unspecified atom stereocenters. The minimum Gasteiger partial charge on any atom is -0.355 e. The van der Waals surface area contributed by atoms with Crippen molar-refractivity contribution in [3.8, 4) is 0 Å². The van der Waals surface area contributed by atoms with E-state index in [-0.39, 0.29) is 17.6 Å². The highest BCUT2D eigenvalue weighted by Gasteiger charge is 2.25. The number of carbonyl (C=O) groups excluding carboxylic acids is 2. The molecule has 0 aliphatic rings. The van der Waals surface area contributed by atoms with Crippen molar-refractivity contribution in [3.05, 3.63) is 69.2 Å². The maximum atomic E-state index is 13.0. The molecule has 0 saturated heterocycles. The van der Waals surface area contributed by atoms with Gasteiger partial charge in [-0.1, -0.05) is 59.1 Å². The molecule has 2 aromatic carbocycles. The van der Waals surface area contributed by atoms with Crippen molar-refractivity contribution in [2.45, 2.75) is 39.1 Å². The van der Waals surface area contributed by atoms with E-state index in [0.29, 0.717) is 28.9 Å². The molecule has 2 rings (SSSR count). The number of hydrogen-bond donors (Lipinski definition) is 1. The Bertz CT molecular complexity index is 860. The van der Waals surface area contributed by atoms with E-state index in [1.807, 2.05) is 44.2 Å². The smallest absolute Gasteiger partial charge is 0.242 e. The molecule has 4 nitrogen and oxygen atoms in total. The highest BCUT2D eigenvalue weighted by atomic mass is 35.5. The van der Waals surface area contributed by atoms with Crippen molar-refractivity contribution in [2.75, 3.05) is 12.3 Å². The normalized spacial score (nSPS) is 11.8. The summed E-state index contributed by atoms with van der Waals surface area (Å²) in [6.45, 7) is 6.55. The van der Waals surface area contributed by atoms with E-state index in [1.165, 1.54) is 11.8 Å². The molecule has 0 heterocycles. The first-order valence-electron chi connectivity index (χ1n) is 9.46. The maximum Gasteiger partial charge on any atom is 0.242 e. The highest BCUT2D eigenvalue weighted by molar-refractivity contribution is 7.99. The number of rotatable bonds is 9. The van der Waals surface area contributed by atoms with Crippen molar-refractivity contribution in [3.63, 3.8) is 0 Å². The van der Waals surface area contributed by atoms with E-state index in [1.54, 1.807) is 24.0 Å². The second kappa shape index (κ2) is 11.5. The Morgan fingerprint density at radius 3 is 2.59 bits per heavy atom. The van der Waals surface area contributed by atoms with Gasteiger partial charge in [0.15, 0.2) is 0 Å². The molecule has 0 spiro atoms. The second-order valence-electron chi connectivity index (χ2n) is 6.81. The fourth-order valence-corrected chi connectivity index (χ4v) is 4.35. The Kier molecular flexibility index (Phi) is 9.34. The van der Waals surface area contributed by atoms with Gasteiger partial charge in [-0.25, -0.2) is 0 Å². The van der Waals surface area contributed by atoms with Crippen LogP contribution in [0.1, 0.15) is 30.5 Å². The number of nitrogens with zero attached hydrogens (tertiary/aromatic N) is 1. The maximum absolute atomic E-state index is 13.0. The summed E-state index contributed by atoms with van der Waals surface area (Å²) in [5, 5.41) is 3.97. The Labute approximate surface area is 187 Å². The van der Waals surface area contributed by atoms with Crippen LogP contribution in [0.3, 0.4) is 0 Å². The van der Waals surface area contributed by atoms with Crippen LogP contribution < -0.4 is 5.32 Å². The number of thioether (sulfide) groups is 1. The topological polar surface area (TPSA) is 49.4 Å². The van der Waals surface area contributed by atoms with Gasteiger partial charge in [0.1, 0.15) is 6.04 Å². The number of amides is 2. The molecular formula is C22H26Cl2N2O2S. The molecular weight excluding hydrogens is 427 g/mol. The first kappa shape index (κ1) is 23.6. The van der Waals surface area contributed by atoms with Crippen LogP contribution in [0, 0.1) is 6.92 Å². The summed E-state index contributed by atoms with van der Waals surface area (Å²) >= 11 is 13.6. The van der Waals surface area contributed by atoms with Crippen LogP contribution in [-0.4, -0.2) is 35.1 Å². The standard InChI is InChI=1S/C22H26Cl2N2O2S/c1-4-25-22(28)16(3)26(12-17-7-5-6-15(2)10-17)21(27)14-29-13-18-8-9-19(23)11-20(18)24/h5-11,16H,4,12-14H2,1-3H3,(H,25,28)/t16-/m1/s1. The molecule has 0 aromatic heterocycles. The third-order valence-electron chi connectivity index (χ3n) is 4.45. The summed E-state index contributed by atoms with van der Waals surface area (Å²) in [5.41, 5.74) is 3.04. The van der Waals surface area contributed by atoms with Crippen molar-refractivity contribution >= 4 is 46.8 Å². The zero-order valence-corrected chi connectivity index (χ0v) is 19.2. The number of carbonyl (C=O) groups is 2. The zero-order chi connectivity index (χ0) is 21.4. The molecule has 0 saturated carbocycles. The second-order valence-corrected chi connectivity index (χ2v) is 8.64. The zero-order valence-electron chi connectivity index (χ0n) is 16.9. The van der Waals surface area contributed by atoms with E-state index in [0.717, 1.165) is 16.7 Å². The van der Waals surface area contributed by atoms with Gasteiger partial charge in [0.05, 0.1) is 5.75 Å². The van der Waals surface area contributed by atoms with E-state index < -0.39 is 6.04 Å². The van der Waals surface area contributed by atoms with Crippen molar-refractivity contribution in [1.29, 1.82) is 0 Å². The average Bonchev–Trinajstić information content (AvgIpc) is 2.67. The summed E-state index contributed by atoms with van der Waals surface area (Å²) in [5.74, 6) is 0.615. The van der Waals surface area contributed by atoms with Gasteiger partial charge < -0.3 is 10.2 Å². The molecule has 0 aliphatic heterocycles. The lowest BCUT2D eigenvalue weighted by Crippen LogP contribution is -2.48. The number of likely N-dealkylation sites (N-methyl/N-ethyl adjacent to an activating group) is 1. The Balaban J connectivity index is 2.07. The summed E-state index contributed by atoms with van der Waals surface area (Å²) in [4.78, 5) is 27.0. The van der Waals surface area contributed by atoms with Gasteiger partial charge in [0.25, 0.3) is 0 Å². The predicted octanol–water partition coefficient (Wildman–Crippen LogP) is 5.09. The summed E-state index contributed by atoms with van der Waals surface area (Å²) in [6, 6.07) is 12.8. The molecule has 0 aliphatic carbocycles. The van der Waals surface area contributed by atoms with E-state index >= 15 is 0 Å². The molecule has 156 valence electrons. The summed E-state index contributed by atoms with van der Waals surface area (Å²) in [6.07, 6.45) is 0. The number of hydrogen-bond acceptors (Lipinski definition) is 3. The van der Waals surface area contributed by atoms with Crippen LogP contribution in [0.4, 0.5) is 0 Å². The Morgan fingerprint density at radius 2 is 1.93 bits per heavy atom. The van der Waals surface area contributed by atoms with Crippen molar-refractivity contribution < 1.29 is 9.59 Å². The molecule has 0 fully saturated rings. The highest BCUT2D eigenvalue weighted by Crippen LogP contribution is 2.25. The molecule has 1 atom stereocenters. The Morgan fingerprint density at radius 1 is 1.17 bits per heavy atom. The molecule has 0 radical (unpaired) electrons. The fourth-order valence-electron chi connectivity index (χ4n) is 2.88. The SMILES string of the molecule is CCNC(=O)[C@@H](C)N(Cc1cccc(C)c1)C(=O)CSCc1ccc(Cl)cc1Cl. The van der Waals surface area contributed by atoms with Crippen LogP contribution in [-0.2, 0) is 21.9 Å². The van der Waals surface area contributed by atoms with Gasteiger partial charge >= 0.3 is 0 Å². The average molecular weight is 453 g/mol. The predicted molar refractivity (Wildman–Crippen MR) is 122 cm³/mol. The van der Waals surface area contributed by atoms with Gasteiger partial charge in [-0.3, -0.25) is 9.59 Å². The molecule has 1 N–H and O–H groups in total. The van der Waals surface area contributed by atoms with Crippen molar-refractivity contribution in [2.24, 2.45) is 0 Å². The molecule has 2 aromatic rings. The molecule has 2 amide bonds. The van der Waals surface area contributed by atoms with Crippen LogP contribution in [0.2, 0.25) is 10.0 Å². The Hall–Kier alpha value is -1.69. The number of nitrogens with one attached hydrogen (secondary N) is 1. The quantitative estimate of drug-likeness (QED) is 0.576. The first-order valence-corrected chi connectivity index (χ1v) is 11.4. The van der Waals surface area contributed by atoms with E-state index in [9.17, 15) is 9.59 Å². The largest absolute Gasteiger partial charge is 0.355 e. The van der Waals surface area contributed by atoms with Gasteiger partial charge in [-0.15, -0.1) is 11.8 Å². The lowest BCUT2D eigenvalue weighted by Gasteiger charge is -2.28. The first-order chi connectivity index (χ1) is 13.8. The van der Waals surface area contributed by atoms with E-state index in [4.69, 9.17) is 23.2 Å². The monoisotopic (exact) mass is 452 g/mol. The van der Waals surface area contributed by atoms with Crippen LogP contribution in [0.5, 0.6) is 0 Å². The molecule has 0 bridgehead atoms. The van der Waals surface area contributed by atoms with Crippen LogP contribution in [0.25, 0.3) is 0 Å².